The molecule has 0 fully saturated rings. The standard InChI is InChI=1S/C24H29ClN6O2/c1-3-4-7-12-30-21-20(27-23(25)28-21)22(32)31(24(30)33)13-8-10-18-14-26-29(15-18)16-19-11-6-5-9-17(19)2/h5-6,9,11,14-15H,3-4,7-8,10,12-13,16H2,1-2H3,(H,27,28). The summed E-state index contributed by atoms with van der Waals surface area (Å²) in [6, 6.07) is 8.26. The third-order valence-electron chi connectivity index (χ3n) is 5.95. The smallest absolute Gasteiger partial charge is 0.323 e. The summed E-state index contributed by atoms with van der Waals surface area (Å²) in [6.07, 6.45) is 8.12. The van der Waals surface area contributed by atoms with Crippen molar-refractivity contribution in [1.82, 2.24) is 28.9 Å². The van der Waals surface area contributed by atoms with Gasteiger partial charge in [-0.25, -0.2) is 4.79 Å². The normalized spacial score (nSPS) is 11.5. The molecular formula is C24H29ClN6O2. The molecule has 0 aliphatic rings. The summed E-state index contributed by atoms with van der Waals surface area (Å²) in [5, 5.41) is 4.58. The van der Waals surface area contributed by atoms with Gasteiger partial charge in [0.2, 0.25) is 5.28 Å². The lowest BCUT2D eigenvalue weighted by molar-refractivity contribution is 0.526. The number of aromatic nitrogens is 6. The number of nitrogens with one attached hydrogen (secondary N) is 1. The summed E-state index contributed by atoms with van der Waals surface area (Å²) in [4.78, 5) is 33.0. The highest BCUT2D eigenvalue weighted by atomic mass is 35.5. The quantitative estimate of drug-likeness (QED) is 0.282. The predicted octanol–water partition coefficient (Wildman–Crippen LogP) is 3.92. The molecule has 0 bridgehead atoms. The number of benzene rings is 1. The van der Waals surface area contributed by atoms with E-state index in [4.69, 9.17) is 11.6 Å². The number of imidazole rings is 1. The Bertz CT molecular complexity index is 1360. The van der Waals surface area contributed by atoms with Crippen molar-refractivity contribution in [3.63, 3.8) is 0 Å². The van der Waals surface area contributed by atoms with E-state index in [-0.39, 0.29) is 22.0 Å². The van der Waals surface area contributed by atoms with Gasteiger partial charge >= 0.3 is 5.69 Å². The van der Waals surface area contributed by atoms with Crippen LogP contribution >= 0.6 is 11.6 Å². The van der Waals surface area contributed by atoms with Gasteiger partial charge in [0.15, 0.2) is 11.2 Å². The second-order valence-corrected chi connectivity index (χ2v) is 8.76. The monoisotopic (exact) mass is 468 g/mol. The average molecular weight is 469 g/mol. The SMILES string of the molecule is CCCCCn1c(=O)n(CCCc2cnn(Cc3ccccc3C)c2)c(=O)c2[nH]c(Cl)nc21. The molecule has 9 heteroatoms. The van der Waals surface area contributed by atoms with Crippen LogP contribution in [0.2, 0.25) is 5.28 Å². The van der Waals surface area contributed by atoms with E-state index in [2.05, 4.69) is 41.0 Å². The summed E-state index contributed by atoms with van der Waals surface area (Å²) in [5.74, 6) is 0. The molecule has 0 spiro atoms. The van der Waals surface area contributed by atoms with Gasteiger partial charge in [0.1, 0.15) is 0 Å². The summed E-state index contributed by atoms with van der Waals surface area (Å²) < 4.78 is 4.78. The van der Waals surface area contributed by atoms with Gasteiger partial charge in [-0.05, 0) is 54.5 Å². The Morgan fingerprint density at radius 1 is 1.06 bits per heavy atom. The number of H-pyrrole nitrogens is 1. The molecular weight excluding hydrogens is 440 g/mol. The molecule has 0 aliphatic heterocycles. The van der Waals surface area contributed by atoms with Crippen LogP contribution in [0.1, 0.15) is 49.3 Å². The van der Waals surface area contributed by atoms with Crippen LogP contribution in [0.5, 0.6) is 0 Å². The van der Waals surface area contributed by atoms with E-state index < -0.39 is 0 Å². The van der Waals surface area contributed by atoms with E-state index in [9.17, 15) is 9.59 Å². The molecule has 4 rings (SSSR count). The van der Waals surface area contributed by atoms with Gasteiger partial charge < -0.3 is 4.98 Å². The molecule has 0 aliphatic carbocycles. The van der Waals surface area contributed by atoms with Crippen LogP contribution in [0.15, 0.2) is 46.2 Å². The summed E-state index contributed by atoms with van der Waals surface area (Å²) in [6.45, 7) is 5.74. The molecule has 0 saturated carbocycles. The zero-order valence-corrected chi connectivity index (χ0v) is 19.8. The minimum absolute atomic E-state index is 0.115. The number of nitrogens with zero attached hydrogens (tertiary/aromatic N) is 5. The highest BCUT2D eigenvalue weighted by Gasteiger charge is 2.16. The maximum Gasteiger partial charge on any atom is 0.332 e. The second-order valence-electron chi connectivity index (χ2n) is 8.40. The molecule has 0 unspecified atom stereocenters. The maximum atomic E-state index is 13.1. The largest absolute Gasteiger partial charge is 0.332 e. The van der Waals surface area contributed by atoms with Crippen LogP contribution in [0, 0.1) is 6.92 Å². The number of rotatable bonds is 10. The number of aryl methyl sites for hydroxylation is 3. The first kappa shape index (κ1) is 23.0. The zero-order valence-electron chi connectivity index (χ0n) is 19.1. The fourth-order valence-corrected chi connectivity index (χ4v) is 4.26. The van der Waals surface area contributed by atoms with Gasteiger partial charge in [0.05, 0.1) is 12.7 Å². The molecule has 0 saturated heterocycles. The first-order chi connectivity index (χ1) is 16.0. The number of unbranched alkanes of at least 4 members (excludes halogenated alkanes) is 2. The lowest BCUT2D eigenvalue weighted by atomic mass is 10.1. The summed E-state index contributed by atoms with van der Waals surface area (Å²) in [5.41, 5.74) is 3.44. The van der Waals surface area contributed by atoms with Crippen LogP contribution < -0.4 is 11.2 Å². The topological polar surface area (TPSA) is 90.5 Å². The van der Waals surface area contributed by atoms with E-state index >= 15 is 0 Å². The van der Waals surface area contributed by atoms with Crippen LogP contribution in [0.25, 0.3) is 11.2 Å². The van der Waals surface area contributed by atoms with E-state index in [1.807, 2.05) is 29.2 Å². The molecule has 174 valence electrons. The Balaban J connectivity index is 1.48. The number of aromatic amines is 1. The van der Waals surface area contributed by atoms with E-state index in [1.54, 1.807) is 4.57 Å². The molecule has 3 heterocycles. The van der Waals surface area contributed by atoms with Gasteiger partial charge in [-0.2, -0.15) is 10.1 Å². The van der Waals surface area contributed by atoms with Gasteiger partial charge in [-0.1, -0.05) is 44.0 Å². The Kier molecular flexibility index (Phi) is 7.13. The van der Waals surface area contributed by atoms with Crippen molar-refractivity contribution in [3.05, 3.63) is 79.5 Å². The maximum absolute atomic E-state index is 13.1. The van der Waals surface area contributed by atoms with Crippen LogP contribution in [0.3, 0.4) is 0 Å². The molecule has 33 heavy (non-hydrogen) atoms. The Hall–Kier alpha value is -3.13. The summed E-state index contributed by atoms with van der Waals surface area (Å²) in [7, 11) is 0. The molecule has 3 aromatic heterocycles. The van der Waals surface area contributed by atoms with Crippen LogP contribution in [-0.4, -0.2) is 28.9 Å². The van der Waals surface area contributed by atoms with Crippen molar-refractivity contribution >= 4 is 22.8 Å². The molecule has 0 amide bonds. The second kappa shape index (κ2) is 10.2. The molecule has 1 N–H and O–H groups in total. The van der Waals surface area contributed by atoms with Gasteiger partial charge in [0, 0.05) is 19.3 Å². The highest BCUT2D eigenvalue weighted by Crippen LogP contribution is 2.12. The number of fused-ring (bicyclic) bond motifs is 1. The molecule has 8 nitrogen and oxygen atoms in total. The first-order valence-corrected chi connectivity index (χ1v) is 11.8. The van der Waals surface area contributed by atoms with E-state index in [0.717, 1.165) is 31.2 Å². The van der Waals surface area contributed by atoms with Gasteiger partial charge in [0.25, 0.3) is 5.56 Å². The number of hydrogen-bond acceptors (Lipinski definition) is 4. The number of hydrogen-bond donors (Lipinski definition) is 1. The van der Waals surface area contributed by atoms with Gasteiger partial charge in [-0.15, -0.1) is 0 Å². The lowest BCUT2D eigenvalue weighted by Gasteiger charge is -2.11. The minimum atomic E-state index is -0.378. The third-order valence-corrected chi connectivity index (χ3v) is 6.12. The average Bonchev–Trinajstić information content (AvgIpc) is 3.41. The van der Waals surface area contributed by atoms with Crippen molar-refractivity contribution in [2.75, 3.05) is 0 Å². The zero-order chi connectivity index (χ0) is 23.4. The molecule has 4 aromatic rings. The van der Waals surface area contributed by atoms with Crippen molar-refractivity contribution < 1.29 is 0 Å². The third kappa shape index (κ3) is 5.11. The first-order valence-electron chi connectivity index (χ1n) is 11.4. The highest BCUT2D eigenvalue weighted by molar-refractivity contribution is 6.28. The Morgan fingerprint density at radius 3 is 2.64 bits per heavy atom. The van der Waals surface area contributed by atoms with E-state index in [1.165, 1.54) is 15.7 Å². The lowest BCUT2D eigenvalue weighted by Crippen LogP contribution is -2.40. The minimum Gasteiger partial charge on any atom is -0.323 e. The molecule has 0 radical (unpaired) electrons. The van der Waals surface area contributed by atoms with Crippen molar-refractivity contribution in [1.29, 1.82) is 0 Å². The fourth-order valence-electron chi connectivity index (χ4n) is 4.08. The Morgan fingerprint density at radius 2 is 1.85 bits per heavy atom. The van der Waals surface area contributed by atoms with Crippen LogP contribution in [-0.2, 0) is 26.1 Å². The molecule has 0 atom stereocenters. The Labute approximate surface area is 196 Å². The number of halogens is 1. The van der Waals surface area contributed by atoms with Crippen molar-refractivity contribution in [3.8, 4) is 0 Å². The summed E-state index contributed by atoms with van der Waals surface area (Å²) >= 11 is 6.01. The fraction of sp³-hybridized carbons (Fsp3) is 0.417. The van der Waals surface area contributed by atoms with Crippen LogP contribution in [0.4, 0.5) is 0 Å². The predicted molar refractivity (Wildman–Crippen MR) is 130 cm³/mol. The van der Waals surface area contributed by atoms with Crippen molar-refractivity contribution in [2.45, 2.75) is 65.6 Å². The van der Waals surface area contributed by atoms with Crippen molar-refractivity contribution in [2.24, 2.45) is 0 Å². The molecule has 1 aromatic carbocycles. The van der Waals surface area contributed by atoms with Gasteiger partial charge in [-0.3, -0.25) is 18.6 Å². The van der Waals surface area contributed by atoms with E-state index in [0.29, 0.717) is 31.7 Å².